The lowest BCUT2D eigenvalue weighted by molar-refractivity contribution is -0.131. The van der Waals surface area contributed by atoms with Crippen LogP contribution in [0.5, 0.6) is 11.5 Å². The number of piperidine rings is 1. The molecule has 2 aromatic carbocycles. The van der Waals surface area contributed by atoms with Gasteiger partial charge in [-0.2, -0.15) is 0 Å². The molecule has 0 aliphatic carbocycles. The van der Waals surface area contributed by atoms with Crippen molar-refractivity contribution in [3.05, 3.63) is 80.7 Å². The number of nitrogens with one attached hydrogen (secondary N) is 1. The third kappa shape index (κ3) is 6.78. The number of benzene rings is 2. The molecule has 1 aromatic heterocycles. The van der Waals surface area contributed by atoms with Crippen LogP contribution in [-0.4, -0.2) is 31.4 Å². The second-order valence-electron chi connectivity index (χ2n) is 10.2. The summed E-state index contributed by atoms with van der Waals surface area (Å²) in [6.45, 7) is 9.79. The summed E-state index contributed by atoms with van der Waals surface area (Å²) in [5, 5.41) is 4.13. The molecule has 2 heterocycles. The summed E-state index contributed by atoms with van der Waals surface area (Å²) in [6.07, 6.45) is 4.70. The van der Waals surface area contributed by atoms with Crippen molar-refractivity contribution < 1.29 is 23.5 Å². The molecule has 1 atom stereocenters. The Labute approximate surface area is 222 Å². The van der Waals surface area contributed by atoms with Crippen LogP contribution >= 0.6 is 0 Å². The number of hydrogen-bond acceptors (Lipinski definition) is 7. The van der Waals surface area contributed by atoms with E-state index in [-0.39, 0.29) is 12.2 Å². The monoisotopic (exact) mass is 517 g/mol. The van der Waals surface area contributed by atoms with Gasteiger partial charge in [-0.3, -0.25) is 9.59 Å². The third-order valence-electron chi connectivity index (χ3n) is 6.76. The molecule has 1 saturated heterocycles. The van der Waals surface area contributed by atoms with Crippen LogP contribution in [-0.2, 0) is 17.6 Å². The first kappa shape index (κ1) is 27.3. The lowest BCUT2D eigenvalue weighted by Crippen LogP contribution is -2.33. The zero-order valence-corrected chi connectivity index (χ0v) is 22.5. The number of esters is 1. The van der Waals surface area contributed by atoms with E-state index in [9.17, 15) is 14.4 Å². The fourth-order valence-electron chi connectivity index (χ4n) is 4.66. The van der Waals surface area contributed by atoms with Gasteiger partial charge in [0.15, 0.2) is 5.78 Å². The first-order chi connectivity index (χ1) is 18.2. The predicted octanol–water partition coefficient (Wildman–Crippen LogP) is 5.34. The van der Waals surface area contributed by atoms with Crippen molar-refractivity contribution in [1.82, 2.24) is 5.32 Å². The molecule has 1 aliphatic rings. The molecule has 1 N–H and O–H groups in total. The van der Waals surface area contributed by atoms with Gasteiger partial charge in [0.05, 0.1) is 6.61 Å². The second-order valence-corrected chi connectivity index (χ2v) is 10.2. The number of allylic oxidation sites excluding steroid dienone is 2. The van der Waals surface area contributed by atoms with Crippen molar-refractivity contribution in [1.29, 1.82) is 0 Å². The zero-order chi connectivity index (χ0) is 27.2. The van der Waals surface area contributed by atoms with Crippen molar-refractivity contribution >= 4 is 22.7 Å². The lowest BCUT2D eigenvalue weighted by Gasteiger charge is -2.23. The number of ketones is 1. The summed E-state index contributed by atoms with van der Waals surface area (Å²) >= 11 is 0. The molecule has 7 heteroatoms. The Kier molecular flexibility index (Phi) is 8.79. The maximum absolute atomic E-state index is 13.2. The van der Waals surface area contributed by atoms with Gasteiger partial charge in [-0.05, 0) is 88.5 Å². The van der Waals surface area contributed by atoms with E-state index in [0.717, 1.165) is 48.0 Å². The molecule has 4 rings (SSSR count). The maximum atomic E-state index is 13.2. The Bertz CT molecular complexity index is 1420. The number of aryl methyl sites for hydroxylation is 1. The van der Waals surface area contributed by atoms with E-state index in [2.05, 4.69) is 5.32 Å². The van der Waals surface area contributed by atoms with Crippen LogP contribution in [0.3, 0.4) is 0 Å². The van der Waals surface area contributed by atoms with E-state index in [4.69, 9.17) is 13.9 Å². The Morgan fingerprint density at radius 3 is 2.58 bits per heavy atom. The molecular weight excluding hydrogens is 482 g/mol. The molecule has 200 valence electrons. The highest BCUT2D eigenvalue weighted by Gasteiger charge is 2.18. The van der Waals surface area contributed by atoms with Gasteiger partial charge in [0.25, 0.3) is 0 Å². The Hall–Kier alpha value is -3.71. The molecular formula is C31H35NO6. The molecule has 0 bridgehead atoms. The Morgan fingerprint density at radius 2 is 1.87 bits per heavy atom. The van der Waals surface area contributed by atoms with Crippen molar-refractivity contribution in [3.8, 4) is 11.5 Å². The van der Waals surface area contributed by atoms with E-state index in [1.165, 1.54) is 6.92 Å². The molecule has 3 aromatic rings. The molecule has 1 unspecified atom stereocenters. The van der Waals surface area contributed by atoms with Crippen molar-refractivity contribution in [2.75, 3.05) is 19.7 Å². The van der Waals surface area contributed by atoms with Crippen molar-refractivity contribution in [2.24, 2.45) is 5.92 Å². The highest BCUT2D eigenvalue weighted by atomic mass is 16.5. The number of ether oxygens (including phenoxy) is 2. The van der Waals surface area contributed by atoms with E-state index in [1.54, 1.807) is 24.3 Å². The highest BCUT2D eigenvalue weighted by Crippen LogP contribution is 2.28. The summed E-state index contributed by atoms with van der Waals surface area (Å²) in [5.41, 5.74) is 3.27. The topological polar surface area (TPSA) is 94.8 Å². The quantitative estimate of drug-likeness (QED) is 0.135. The first-order valence-electron chi connectivity index (χ1n) is 13.1. The predicted molar refractivity (Wildman–Crippen MR) is 147 cm³/mol. The standard InChI is InChI=1S/C31H35NO6/c1-19(2)7-8-24-14-23(9-12-29(24)37-21(4)33)27(34)16-26-15-25-10-11-28(20(3)30(25)38-31(26)35)36-18-22-6-5-13-32-17-22/h7,9-12,14-15,22,32H,5-6,8,13,16-18H2,1-4H3. The van der Waals surface area contributed by atoms with Crippen molar-refractivity contribution in [3.63, 3.8) is 0 Å². The minimum Gasteiger partial charge on any atom is -0.493 e. The van der Waals surface area contributed by atoms with Gasteiger partial charge in [-0.15, -0.1) is 0 Å². The summed E-state index contributed by atoms with van der Waals surface area (Å²) in [4.78, 5) is 37.5. The van der Waals surface area contributed by atoms with Crippen LogP contribution < -0.4 is 20.4 Å². The van der Waals surface area contributed by atoms with E-state index < -0.39 is 11.6 Å². The van der Waals surface area contributed by atoms with Crippen LogP contribution in [0.15, 0.2) is 57.3 Å². The van der Waals surface area contributed by atoms with Gasteiger partial charge in [0, 0.05) is 47.9 Å². The van der Waals surface area contributed by atoms with E-state index in [1.807, 2.05) is 39.0 Å². The summed E-state index contributed by atoms with van der Waals surface area (Å²) < 4.78 is 17.1. The summed E-state index contributed by atoms with van der Waals surface area (Å²) in [6, 6.07) is 10.4. The highest BCUT2D eigenvalue weighted by molar-refractivity contribution is 5.98. The van der Waals surface area contributed by atoms with Crippen LogP contribution in [0.4, 0.5) is 0 Å². The number of hydrogen-bond donors (Lipinski definition) is 1. The minimum absolute atomic E-state index is 0.0980. The first-order valence-corrected chi connectivity index (χ1v) is 13.1. The van der Waals surface area contributed by atoms with Gasteiger partial charge in [-0.25, -0.2) is 4.79 Å². The Balaban J connectivity index is 1.54. The van der Waals surface area contributed by atoms with Crippen LogP contribution in [0, 0.1) is 12.8 Å². The van der Waals surface area contributed by atoms with Crippen LogP contribution in [0.2, 0.25) is 0 Å². The van der Waals surface area contributed by atoms with Crippen LogP contribution in [0.25, 0.3) is 11.0 Å². The molecule has 0 saturated carbocycles. The number of Topliss-reactive ketones (excluding diaryl/α,β-unsaturated/α-hetero) is 1. The van der Waals surface area contributed by atoms with E-state index in [0.29, 0.717) is 47.2 Å². The summed E-state index contributed by atoms with van der Waals surface area (Å²) in [5.74, 6) is 0.940. The molecule has 0 radical (unpaired) electrons. The number of rotatable bonds is 9. The fourth-order valence-corrected chi connectivity index (χ4v) is 4.66. The molecule has 1 fully saturated rings. The van der Waals surface area contributed by atoms with Gasteiger partial charge in [-0.1, -0.05) is 11.6 Å². The molecule has 0 spiro atoms. The second kappa shape index (κ2) is 12.2. The average Bonchev–Trinajstić information content (AvgIpc) is 2.89. The van der Waals surface area contributed by atoms with E-state index >= 15 is 0 Å². The zero-order valence-electron chi connectivity index (χ0n) is 22.5. The van der Waals surface area contributed by atoms with Gasteiger partial charge >= 0.3 is 11.6 Å². The van der Waals surface area contributed by atoms with Crippen molar-refractivity contribution in [2.45, 2.75) is 53.4 Å². The summed E-state index contributed by atoms with van der Waals surface area (Å²) in [7, 11) is 0. The molecule has 1 aliphatic heterocycles. The van der Waals surface area contributed by atoms with Gasteiger partial charge in [0.1, 0.15) is 17.1 Å². The number of carbonyl (C=O) groups is 2. The number of fused-ring (bicyclic) bond motifs is 1. The molecule has 0 amide bonds. The Morgan fingerprint density at radius 1 is 1.08 bits per heavy atom. The normalized spacial score (nSPS) is 15.2. The van der Waals surface area contributed by atoms with Gasteiger partial charge in [0.2, 0.25) is 0 Å². The largest absolute Gasteiger partial charge is 0.493 e. The fraction of sp³-hybridized carbons (Fsp3) is 0.387. The SMILES string of the molecule is CC(=O)Oc1ccc(C(=O)Cc2cc3ccc(OCC4CCCNC4)c(C)c3oc2=O)cc1CC=C(C)C. The average molecular weight is 518 g/mol. The number of carbonyl (C=O) groups excluding carboxylic acids is 2. The third-order valence-corrected chi connectivity index (χ3v) is 6.76. The smallest absolute Gasteiger partial charge is 0.339 e. The molecule has 38 heavy (non-hydrogen) atoms. The van der Waals surface area contributed by atoms with Crippen LogP contribution in [0.1, 0.15) is 60.7 Å². The lowest BCUT2D eigenvalue weighted by atomic mass is 9.99. The maximum Gasteiger partial charge on any atom is 0.339 e. The van der Waals surface area contributed by atoms with Gasteiger partial charge < -0.3 is 19.2 Å². The molecule has 7 nitrogen and oxygen atoms in total. The minimum atomic E-state index is -0.538.